The molecule has 2 aliphatic heterocycles. The lowest BCUT2D eigenvalue weighted by molar-refractivity contribution is -0.119. The second kappa shape index (κ2) is 8.75. The first kappa shape index (κ1) is 22.6. The lowest BCUT2D eigenvalue weighted by Gasteiger charge is -2.15. The van der Waals surface area contributed by atoms with Crippen molar-refractivity contribution in [1.82, 2.24) is 9.21 Å². The molecule has 0 unspecified atom stereocenters. The number of ether oxygens (including phenoxy) is 1. The van der Waals surface area contributed by atoms with Gasteiger partial charge in [-0.25, -0.2) is 13.2 Å². The van der Waals surface area contributed by atoms with Gasteiger partial charge in [-0.1, -0.05) is 0 Å². The van der Waals surface area contributed by atoms with Crippen LogP contribution in [0.1, 0.15) is 43.9 Å². The summed E-state index contributed by atoms with van der Waals surface area (Å²) in [5.74, 6) is -2.30. The van der Waals surface area contributed by atoms with Crippen LogP contribution in [0.25, 0.3) is 0 Å². The Kier molecular flexibility index (Phi) is 6.00. The number of fused-ring (bicyclic) bond motifs is 1. The van der Waals surface area contributed by atoms with E-state index in [-0.39, 0.29) is 27.3 Å². The molecule has 2 aromatic carbocycles. The number of hydrogen-bond acceptors (Lipinski definition) is 7. The predicted molar refractivity (Wildman–Crippen MR) is 116 cm³/mol. The van der Waals surface area contributed by atoms with E-state index in [1.807, 2.05) is 0 Å². The number of benzene rings is 2. The number of carbonyl (C=O) groups excluding carboxylic acids is 4. The summed E-state index contributed by atoms with van der Waals surface area (Å²) in [6, 6.07) is 9.65. The van der Waals surface area contributed by atoms with Crippen molar-refractivity contribution in [2.75, 3.05) is 32.1 Å². The molecule has 0 aliphatic carbocycles. The zero-order valence-electron chi connectivity index (χ0n) is 17.7. The number of rotatable bonds is 6. The Morgan fingerprint density at radius 1 is 0.970 bits per heavy atom. The van der Waals surface area contributed by atoms with Crippen molar-refractivity contribution in [3.8, 4) is 0 Å². The Balaban J connectivity index is 1.34. The van der Waals surface area contributed by atoms with E-state index >= 15 is 0 Å². The zero-order chi connectivity index (χ0) is 23.8. The highest BCUT2D eigenvalue weighted by atomic mass is 32.2. The fraction of sp³-hybridized carbons (Fsp3) is 0.273. The third-order valence-electron chi connectivity index (χ3n) is 5.50. The fourth-order valence-electron chi connectivity index (χ4n) is 3.69. The molecule has 10 nitrogen and oxygen atoms in total. The SMILES string of the molecule is CN1C(=O)c2ccc(NC(=O)COC(=O)c3ccc(S(=O)(=O)N4CCCC4)cc3)cc2C1=O. The maximum absolute atomic E-state index is 12.5. The van der Waals surface area contributed by atoms with Gasteiger partial charge in [-0.05, 0) is 55.3 Å². The lowest BCUT2D eigenvalue weighted by atomic mass is 10.1. The maximum Gasteiger partial charge on any atom is 0.338 e. The first-order valence-corrected chi connectivity index (χ1v) is 11.7. The van der Waals surface area contributed by atoms with Crippen molar-refractivity contribution < 1.29 is 32.3 Å². The first-order valence-electron chi connectivity index (χ1n) is 10.2. The van der Waals surface area contributed by atoms with Crippen LogP contribution in [0, 0.1) is 0 Å². The summed E-state index contributed by atoms with van der Waals surface area (Å²) < 4.78 is 31.5. The monoisotopic (exact) mass is 471 g/mol. The van der Waals surface area contributed by atoms with Gasteiger partial charge in [0.25, 0.3) is 17.7 Å². The quantitative estimate of drug-likeness (QED) is 0.499. The Hall–Kier alpha value is -3.57. The van der Waals surface area contributed by atoms with Crippen LogP contribution in [0.3, 0.4) is 0 Å². The van der Waals surface area contributed by atoms with Gasteiger partial charge in [0.15, 0.2) is 6.61 Å². The molecule has 2 aromatic rings. The minimum absolute atomic E-state index is 0.0916. The summed E-state index contributed by atoms with van der Waals surface area (Å²) in [4.78, 5) is 49.5. The molecule has 0 radical (unpaired) electrons. The Bertz CT molecular complexity index is 1250. The van der Waals surface area contributed by atoms with Crippen LogP contribution in [0.5, 0.6) is 0 Å². The van der Waals surface area contributed by atoms with Crippen LogP contribution in [0.2, 0.25) is 0 Å². The topological polar surface area (TPSA) is 130 Å². The van der Waals surface area contributed by atoms with E-state index in [2.05, 4.69) is 5.32 Å². The molecular weight excluding hydrogens is 450 g/mol. The van der Waals surface area contributed by atoms with Crippen molar-refractivity contribution in [1.29, 1.82) is 0 Å². The summed E-state index contributed by atoms with van der Waals surface area (Å²) in [6.07, 6.45) is 1.64. The second-order valence-electron chi connectivity index (χ2n) is 7.69. The number of carbonyl (C=O) groups is 4. The third kappa shape index (κ3) is 4.37. The van der Waals surface area contributed by atoms with Crippen LogP contribution in [0.15, 0.2) is 47.4 Å². The summed E-state index contributed by atoms with van der Waals surface area (Å²) in [6.45, 7) is 0.371. The smallest absolute Gasteiger partial charge is 0.338 e. The van der Waals surface area contributed by atoms with Gasteiger partial charge in [-0.3, -0.25) is 19.3 Å². The van der Waals surface area contributed by atoms with Crippen molar-refractivity contribution in [3.05, 3.63) is 59.2 Å². The van der Waals surface area contributed by atoms with Crippen molar-refractivity contribution in [2.45, 2.75) is 17.7 Å². The van der Waals surface area contributed by atoms with Crippen LogP contribution in [0.4, 0.5) is 5.69 Å². The van der Waals surface area contributed by atoms with Gasteiger partial charge in [0.2, 0.25) is 10.0 Å². The minimum Gasteiger partial charge on any atom is -0.452 e. The van der Waals surface area contributed by atoms with Gasteiger partial charge in [0, 0.05) is 25.8 Å². The molecule has 0 spiro atoms. The van der Waals surface area contributed by atoms with Crippen LogP contribution < -0.4 is 5.32 Å². The predicted octanol–water partition coefficient (Wildman–Crippen LogP) is 1.49. The Morgan fingerprint density at radius 2 is 1.61 bits per heavy atom. The molecule has 1 fully saturated rings. The summed E-state index contributed by atoms with van der Waals surface area (Å²) in [5, 5.41) is 2.51. The Morgan fingerprint density at radius 3 is 2.27 bits per heavy atom. The summed E-state index contributed by atoms with van der Waals surface area (Å²) in [7, 11) is -2.22. The van der Waals surface area contributed by atoms with Crippen LogP contribution in [-0.4, -0.2) is 68.1 Å². The Labute approximate surface area is 190 Å². The minimum atomic E-state index is -3.59. The lowest BCUT2D eigenvalue weighted by Crippen LogP contribution is -2.27. The van der Waals surface area contributed by atoms with Gasteiger partial charge >= 0.3 is 5.97 Å². The molecule has 172 valence electrons. The molecule has 2 aliphatic rings. The highest BCUT2D eigenvalue weighted by molar-refractivity contribution is 7.89. The first-order chi connectivity index (χ1) is 15.7. The van der Waals surface area contributed by atoms with Gasteiger partial charge < -0.3 is 10.1 Å². The molecule has 33 heavy (non-hydrogen) atoms. The number of anilines is 1. The van der Waals surface area contributed by atoms with E-state index in [0.717, 1.165) is 17.7 Å². The average Bonchev–Trinajstić information content (AvgIpc) is 3.43. The molecule has 1 N–H and O–H groups in total. The number of imide groups is 1. The van der Waals surface area contributed by atoms with E-state index in [1.165, 1.54) is 53.8 Å². The number of hydrogen-bond donors (Lipinski definition) is 1. The van der Waals surface area contributed by atoms with E-state index in [1.54, 1.807) is 0 Å². The average molecular weight is 471 g/mol. The molecule has 0 atom stereocenters. The standard InChI is InChI=1S/C22H21N3O7S/c1-24-20(27)17-9-6-15(12-18(17)21(24)28)23-19(26)13-32-22(29)14-4-7-16(8-5-14)33(30,31)25-10-2-3-11-25/h4-9,12H,2-3,10-11,13H2,1H3,(H,23,26). The molecule has 1 saturated heterocycles. The molecule has 0 aromatic heterocycles. The van der Waals surface area contributed by atoms with E-state index in [0.29, 0.717) is 13.1 Å². The number of amides is 3. The van der Waals surface area contributed by atoms with Crippen molar-refractivity contribution >= 4 is 39.4 Å². The number of nitrogens with zero attached hydrogens (tertiary/aromatic N) is 2. The molecule has 0 bridgehead atoms. The largest absolute Gasteiger partial charge is 0.452 e. The molecule has 11 heteroatoms. The fourth-order valence-corrected chi connectivity index (χ4v) is 5.21. The molecule has 0 saturated carbocycles. The highest BCUT2D eigenvalue weighted by Gasteiger charge is 2.33. The number of nitrogens with one attached hydrogen (secondary N) is 1. The van der Waals surface area contributed by atoms with Crippen LogP contribution >= 0.6 is 0 Å². The van der Waals surface area contributed by atoms with Gasteiger partial charge in [0.1, 0.15) is 0 Å². The van der Waals surface area contributed by atoms with E-state index < -0.39 is 40.3 Å². The normalized spacial score (nSPS) is 16.1. The van der Waals surface area contributed by atoms with E-state index in [9.17, 15) is 27.6 Å². The molecule has 3 amide bonds. The highest BCUT2D eigenvalue weighted by Crippen LogP contribution is 2.25. The molecule has 2 heterocycles. The summed E-state index contributed by atoms with van der Waals surface area (Å²) >= 11 is 0. The van der Waals surface area contributed by atoms with Gasteiger partial charge in [-0.2, -0.15) is 4.31 Å². The summed E-state index contributed by atoms with van der Waals surface area (Å²) in [5.41, 5.74) is 0.818. The molecule has 4 rings (SSSR count). The third-order valence-corrected chi connectivity index (χ3v) is 7.41. The zero-order valence-corrected chi connectivity index (χ0v) is 18.6. The van der Waals surface area contributed by atoms with Gasteiger partial charge in [-0.15, -0.1) is 0 Å². The number of sulfonamides is 1. The van der Waals surface area contributed by atoms with Crippen molar-refractivity contribution in [3.63, 3.8) is 0 Å². The maximum atomic E-state index is 12.5. The van der Waals surface area contributed by atoms with Crippen molar-refractivity contribution in [2.24, 2.45) is 0 Å². The molecular formula is C22H21N3O7S. The second-order valence-corrected chi connectivity index (χ2v) is 9.63. The van der Waals surface area contributed by atoms with Crippen LogP contribution in [-0.2, 0) is 19.6 Å². The van der Waals surface area contributed by atoms with Gasteiger partial charge in [0.05, 0.1) is 21.6 Å². The number of esters is 1. The van der Waals surface area contributed by atoms with E-state index in [4.69, 9.17) is 4.74 Å².